The van der Waals surface area contributed by atoms with E-state index in [9.17, 15) is 4.79 Å². The maximum absolute atomic E-state index is 12.2. The molecule has 0 saturated heterocycles. The van der Waals surface area contributed by atoms with E-state index in [2.05, 4.69) is 10.2 Å². The Morgan fingerprint density at radius 3 is 2.86 bits per heavy atom. The highest BCUT2D eigenvalue weighted by molar-refractivity contribution is 6.31. The Kier molecular flexibility index (Phi) is 6.03. The number of aliphatic hydroxyl groups excluding tert-OH is 1. The third kappa shape index (κ3) is 4.70. The predicted octanol–water partition coefficient (Wildman–Crippen LogP) is 2.82. The van der Waals surface area contributed by atoms with Crippen LogP contribution in [0.25, 0.3) is 0 Å². The summed E-state index contributed by atoms with van der Waals surface area (Å²) in [5.41, 5.74) is 1.77. The van der Waals surface area contributed by atoms with Gasteiger partial charge in [0, 0.05) is 29.9 Å². The molecule has 2 rings (SSSR count). The first-order chi connectivity index (χ1) is 10.1. The number of rotatable bonds is 7. The summed E-state index contributed by atoms with van der Waals surface area (Å²) >= 11 is 5.97. The zero-order valence-electron chi connectivity index (χ0n) is 12.4. The van der Waals surface area contributed by atoms with Crippen LogP contribution in [0.4, 0.5) is 5.69 Å². The first-order valence-electron chi connectivity index (χ1n) is 7.51. The van der Waals surface area contributed by atoms with Crippen molar-refractivity contribution in [2.75, 3.05) is 25.0 Å². The van der Waals surface area contributed by atoms with Crippen LogP contribution in [-0.2, 0) is 4.79 Å². The summed E-state index contributed by atoms with van der Waals surface area (Å²) in [6.07, 6.45) is 4.24. The molecule has 0 unspecified atom stereocenters. The number of carbonyl (C=O) groups is 1. The molecule has 116 valence electrons. The van der Waals surface area contributed by atoms with Gasteiger partial charge in [-0.3, -0.25) is 9.69 Å². The normalized spacial score (nSPS) is 15.0. The Hall–Kier alpha value is -1.10. The molecule has 1 aliphatic rings. The number of aliphatic hydroxyl groups is 1. The van der Waals surface area contributed by atoms with Gasteiger partial charge in [0.25, 0.3) is 0 Å². The Labute approximate surface area is 131 Å². The van der Waals surface area contributed by atoms with Gasteiger partial charge < -0.3 is 10.4 Å². The van der Waals surface area contributed by atoms with Crippen LogP contribution in [0.5, 0.6) is 0 Å². The summed E-state index contributed by atoms with van der Waals surface area (Å²) in [6, 6.07) is 5.97. The Balaban J connectivity index is 1.93. The lowest BCUT2D eigenvalue weighted by molar-refractivity contribution is -0.118. The summed E-state index contributed by atoms with van der Waals surface area (Å²) in [4.78, 5) is 14.4. The molecule has 2 N–H and O–H groups in total. The van der Waals surface area contributed by atoms with E-state index < -0.39 is 0 Å². The number of benzene rings is 1. The number of hydrogen-bond donors (Lipinski definition) is 2. The highest BCUT2D eigenvalue weighted by Crippen LogP contribution is 2.25. The average molecular weight is 311 g/mol. The smallest absolute Gasteiger partial charge is 0.238 e. The number of anilines is 1. The van der Waals surface area contributed by atoms with Gasteiger partial charge in [0.2, 0.25) is 5.91 Å². The van der Waals surface area contributed by atoms with Crippen LogP contribution in [-0.4, -0.2) is 41.7 Å². The fraction of sp³-hybridized carbons (Fsp3) is 0.562. The Morgan fingerprint density at radius 1 is 1.48 bits per heavy atom. The van der Waals surface area contributed by atoms with E-state index in [1.807, 2.05) is 19.1 Å². The van der Waals surface area contributed by atoms with Crippen LogP contribution >= 0.6 is 11.6 Å². The van der Waals surface area contributed by atoms with E-state index in [0.717, 1.165) is 30.6 Å². The molecule has 5 heteroatoms. The van der Waals surface area contributed by atoms with Gasteiger partial charge in [0.15, 0.2) is 0 Å². The van der Waals surface area contributed by atoms with Crippen molar-refractivity contribution in [2.24, 2.45) is 0 Å². The van der Waals surface area contributed by atoms with E-state index in [-0.39, 0.29) is 12.5 Å². The second-order valence-electron chi connectivity index (χ2n) is 5.64. The number of amides is 1. The van der Waals surface area contributed by atoms with Crippen molar-refractivity contribution in [3.8, 4) is 0 Å². The molecule has 0 radical (unpaired) electrons. The van der Waals surface area contributed by atoms with Crippen LogP contribution < -0.4 is 5.32 Å². The largest absolute Gasteiger partial charge is 0.396 e. The van der Waals surface area contributed by atoms with Crippen molar-refractivity contribution in [1.29, 1.82) is 0 Å². The quantitative estimate of drug-likeness (QED) is 0.814. The minimum atomic E-state index is -0.0230. The molecule has 0 aromatic heterocycles. The molecule has 0 spiro atoms. The van der Waals surface area contributed by atoms with Crippen LogP contribution in [0.3, 0.4) is 0 Å². The molecular formula is C16H23ClN2O2. The molecule has 0 bridgehead atoms. The molecule has 0 heterocycles. The van der Waals surface area contributed by atoms with E-state index in [1.165, 1.54) is 6.42 Å². The summed E-state index contributed by atoms with van der Waals surface area (Å²) in [7, 11) is 0. The van der Waals surface area contributed by atoms with Crippen molar-refractivity contribution in [1.82, 2.24) is 4.90 Å². The van der Waals surface area contributed by atoms with Crippen molar-refractivity contribution in [2.45, 2.75) is 38.6 Å². The number of nitrogens with zero attached hydrogens (tertiary/aromatic N) is 1. The number of hydrogen-bond acceptors (Lipinski definition) is 3. The molecule has 1 fully saturated rings. The van der Waals surface area contributed by atoms with E-state index in [4.69, 9.17) is 16.7 Å². The van der Waals surface area contributed by atoms with Gasteiger partial charge in [-0.25, -0.2) is 0 Å². The van der Waals surface area contributed by atoms with Gasteiger partial charge in [-0.05, 0) is 43.9 Å². The Morgan fingerprint density at radius 2 is 2.24 bits per heavy atom. The zero-order valence-corrected chi connectivity index (χ0v) is 13.2. The van der Waals surface area contributed by atoms with Crippen LogP contribution in [0.15, 0.2) is 18.2 Å². The van der Waals surface area contributed by atoms with Gasteiger partial charge in [-0.2, -0.15) is 0 Å². The van der Waals surface area contributed by atoms with Crippen molar-refractivity contribution in [3.63, 3.8) is 0 Å². The second-order valence-corrected chi connectivity index (χ2v) is 6.08. The molecule has 21 heavy (non-hydrogen) atoms. The number of nitrogens with one attached hydrogen (secondary N) is 1. The van der Waals surface area contributed by atoms with Crippen molar-refractivity contribution >= 4 is 23.2 Å². The third-order valence-electron chi connectivity index (χ3n) is 4.01. The maximum atomic E-state index is 12.2. The van der Waals surface area contributed by atoms with Crippen LogP contribution in [0.1, 0.15) is 31.2 Å². The second kappa shape index (κ2) is 7.78. The molecule has 1 aromatic rings. The highest BCUT2D eigenvalue weighted by atomic mass is 35.5. The monoisotopic (exact) mass is 310 g/mol. The van der Waals surface area contributed by atoms with Crippen molar-refractivity contribution in [3.05, 3.63) is 28.8 Å². The minimum Gasteiger partial charge on any atom is -0.396 e. The van der Waals surface area contributed by atoms with Crippen LogP contribution in [0, 0.1) is 6.92 Å². The first-order valence-corrected chi connectivity index (χ1v) is 7.89. The lowest BCUT2D eigenvalue weighted by atomic mass is 9.91. The first kappa shape index (κ1) is 16.3. The molecule has 1 aromatic carbocycles. The third-order valence-corrected chi connectivity index (χ3v) is 4.25. The van der Waals surface area contributed by atoms with E-state index in [0.29, 0.717) is 24.0 Å². The van der Waals surface area contributed by atoms with Crippen LogP contribution in [0.2, 0.25) is 5.02 Å². The molecular weight excluding hydrogens is 288 g/mol. The van der Waals surface area contributed by atoms with Crippen molar-refractivity contribution < 1.29 is 9.90 Å². The molecule has 0 atom stereocenters. The zero-order chi connectivity index (χ0) is 15.2. The van der Waals surface area contributed by atoms with Gasteiger partial charge in [0.05, 0.1) is 6.54 Å². The summed E-state index contributed by atoms with van der Waals surface area (Å²) < 4.78 is 0. The fourth-order valence-electron chi connectivity index (χ4n) is 2.52. The molecule has 1 amide bonds. The maximum Gasteiger partial charge on any atom is 0.238 e. The summed E-state index contributed by atoms with van der Waals surface area (Å²) in [6.45, 7) is 3.25. The highest BCUT2D eigenvalue weighted by Gasteiger charge is 2.26. The summed E-state index contributed by atoms with van der Waals surface area (Å²) in [5, 5.41) is 12.5. The van der Waals surface area contributed by atoms with Gasteiger partial charge in [-0.15, -0.1) is 0 Å². The topological polar surface area (TPSA) is 52.6 Å². The average Bonchev–Trinajstić information content (AvgIpc) is 2.38. The molecule has 1 saturated carbocycles. The fourth-order valence-corrected chi connectivity index (χ4v) is 2.69. The SMILES string of the molecule is Cc1ccc(Cl)cc1NC(=O)CN(CCCO)C1CCC1. The van der Waals surface area contributed by atoms with E-state index in [1.54, 1.807) is 6.07 Å². The molecule has 1 aliphatic carbocycles. The lowest BCUT2D eigenvalue weighted by Crippen LogP contribution is -2.45. The molecule has 0 aliphatic heterocycles. The predicted molar refractivity (Wildman–Crippen MR) is 85.7 cm³/mol. The minimum absolute atomic E-state index is 0.0230. The van der Waals surface area contributed by atoms with E-state index >= 15 is 0 Å². The van der Waals surface area contributed by atoms with Gasteiger partial charge in [0.1, 0.15) is 0 Å². The summed E-state index contributed by atoms with van der Waals surface area (Å²) in [5.74, 6) is -0.0230. The standard InChI is InChI=1S/C16H23ClN2O2/c1-12-6-7-13(17)10-15(12)18-16(21)11-19(8-3-9-20)14-4-2-5-14/h6-7,10,14,20H,2-5,8-9,11H2,1H3,(H,18,21). The van der Waals surface area contributed by atoms with Gasteiger partial charge >= 0.3 is 0 Å². The number of aryl methyl sites for hydroxylation is 1. The number of halogens is 1. The molecule has 4 nitrogen and oxygen atoms in total. The van der Waals surface area contributed by atoms with Gasteiger partial charge in [-0.1, -0.05) is 24.1 Å². The number of carbonyl (C=O) groups excluding carboxylic acids is 1. The lowest BCUT2D eigenvalue weighted by Gasteiger charge is -2.37. The Bertz CT molecular complexity index is 489.